The van der Waals surface area contributed by atoms with Crippen LogP contribution in [0.5, 0.6) is 28.7 Å². The van der Waals surface area contributed by atoms with Crippen molar-refractivity contribution in [1.29, 1.82) is 0 Å². The van der Waals surface area contributed by atoms with Crippen LogP contribution in [-0.4, -0.2) is 60.8 Å². The van der Waals surface area contributed by atoms with Crippen LogP contribution < -0.4 is 21.7 Å². The quantitative estimate of drug-likeness (QED) is 0.0664. The third kappa shape index (κ3) is 12.9. The molecule has 0 amide bonds. The molecule has 0 fully saturated rings. The van der Waals surface area contributed by atoms with E-state index >= 15 is 0 Å². The molecule has 0 saturated heterocycles. The molecule has 0 aliphatic carbocycles. The highest BCUT2D eigenvalue weighted by Crippen LogP contribution is 2.33. The van der Waals surface area contributed by atoms with Gasteiger partial charge in [0.15, 0.2) is 33.2 Å². The number of aliphatic hydroxyl groups is 3. The molecule has 0 aliphatic rings. The molecule has 4 aromatic heterocycles. The van der Waals surface area contributed by atoms with Gasteiger partial charge in [0, 0.05) is 104 Å². The van der Waals surface area contributed by atoms with E-state index in [9.17, 15) is 53.5 Å². The van der Waals surface area contributed by atoms with Crippen LogP contribution in [0.3, 0.4) is 0 Å². The molecule has 0 atom stereocenters. The minimum atomic E-state index is -0.425. The lowest BCUT2D eigenvalue weighted by Crippen LogP contribution is -2.04. The summed E-state index contributed by atoms with van der Waals surface area (Å²) in [5, 5.41) is 77.3. The van der Waals surface area contributed by atoms with Gasteiger partial charge in [-0.05, 0) is 98.5 Å². The summed E-state index contributed by atoms with van der Waals surface area (Å²) in [7, 11) is 0. The Morgan fingerprint density at radius 3 is 1.18 bits per heavy atom. The minimum absolute atomic E-state index is 0.0262. The SMILES string of the molecule is Cc1ccc(-c2cc(=O)c3c(O)c(O)ccc3[nH]2)cc1.Cc1ccc(-c2cc(=O)c3cc(CO)c(O)cc3[nH]2)c(F)c1.Cc1ccc(-c2cc(=O)c3cc(CO)c(O)cc3[nH]2)cc1.Cc1ccc(-c2cc(=O)c3cc(CO)c(O)cc3[nH]2)cc1F. The van der Waals surface area contributed by atoms with Crippen LogP contribution >= 0.6 is 0 Å². The molecule has 18 heteroatoms. The van der Waals surface area contributed by atoms with E-state index < -0.39 is 5.82 Å². The summed E-state index contributed by atoms with van der Waals surface area (Å²) in [6.45, 7) is 6.42. The van der Waals surface area contributed by atoms with Gasteiger partial charge in [-0.25, -0.2) is 8.78 Å². The molecule has 4 heterocycles. The van der Waals surface area contributed by atoms with E-state index in [0.717, 1.165) is 27.8 Å². The lowest BCUT2D eigenvalue weighted by molar-refractivity contribution is 0.275. The third-order valence-electron chi connectivity index (χ3n) is 14.2. The lowest BCUT2D eigenvalue weighted by atomic mass is 10.1. The summed E-state index contributed by atoms with van der Waals surface area (Å²) in [6, 6.07) is 42.3. The Balaban J connectivity index is 0.000000136. The summed E-state index contributed by atoms with van der Waals surface area (Å²) >= 11 is 0. The van der Waals surface area contributed by atoms with Crippen LogP contribution in [0.4, 0.5) is 8.78 Å². The zero-order valence-electron chi connectivity index (χ0n) is 46.1. The number of phenolic OH excluding ortho intramolecular Hbond substituents is 2. The number of aromatic hydroxyl groups is 5. The number of benzene rings is 8. The molecule has 0 saturated carbocycles. The van der Waals surface area contributed by atoms with Crippen molar-refractivity contribution in [2.45, 2.75) is 47.5 Å². The Bertz CT molecular complexity index is 4790. The van der Waals surface area contributed by atoms with Crippen molar-refractivity contribution in [2.75, 3.05) is 0 Å². The van der Waals surface area contributed by atoms with E-state index in [1.54, 1.807) is 44.2 Å². The van der Waals surface area contributed by atoms with E-state index in [1.807, 2.05) is 62.4 Å². The van der Waals surface area contributed by atoms with Gasteiger partial charge in [0.05, 0.1) is 53.0 Å². The highest BCUT2D eigenvalue weighted by atomic mass is 19.1. The van der Waals surface area contributed by atoms with Crippen molar-refractivity contribution in [3.05, 3.63) is 249 Å². The smallest absolute Gasteiger partial charge is 0.193 e. The number of phenols is 5. The van der Waals surface area contributed by atoms with Gasteiger partial charge in [0.2, 0.25) is 0 Å². The maximum absolute atomic E-state index is 14.1. The van der Waals surface area contributed by atoms with E-state index in [-0.39, 0.29) is 98.2 Å². The number of hydrogen-bond donors (Lipinski definition) is 12. The number of fused-ring (bicyclic) bond motifs is 4. The number of aliphatic hydroxyl groups excluding tert-OH is 3. The van der Waals surface area contributed by atoms with Crippen molar-refractivity contribution >= 4 is 43.6 Å². The first kappa shape index (κ1) is 59.0. The fourth-order valence-electron chi connectivity index (χ4n) is 9.37. The number of rotatable bonds is 7. The lowest BCUT2D eigenvalue weighted by Gasteiger charge is -2.08. The number of pyridine rings is 4. The van der Waals surface area contributed by atoms with E-state index in [2.05, 4.69) is 19.9 Å². The molecule has 16 nitrogen and oxygen atoms in total. The van der Waals surface area contributed by atoms with Crippen molar-refractivity contribution in [3.63, 3.8) is 0 Å². The zero-order valence-corrected chi connectivity index (χ0v) is 46.1. The summed E-state index contributed by atoms with van der Waals surface area (Å²) in [5.74, 6) is -1.71. The summed E-state index contributed by atoms with van der Waals surface area (Å²) in [5.41, 5.74) is 10.1. The predicted octanol–water partition coefficient (Wildman–Crippen LogP) is 11.3. The molecule has 0 unspecified atom stereocenters. The number of aromatic amines is 4. The van der Waals surface area contributed by atoms with E-state index in [4.69, 9.17) is 15.3 Å². The fourth-order valence-corrected chi connectivity index (χ4v) is 9.37. The van der Waals surface area contributed by atoms with Gasteiger partial charge >= 0.3 is 0 Å². The van der Waals surface area contributed by atoms with Crippen LogP contribution in [0.15, 0.2) is 177 Å². The Hall–Kier alpha value is -10.7. The van der Waals surface area contributed by atoms with Gasteiger partial charge in [-0.1, -0.05) is 77.9 Å². The maximum atomic E-state index is 14.1. The fraction of sp³-hybridized carbons (Fsp3) is 0.104. The van der Waals surface area contributed by atoms with E-state index in [0.29, 0.717) is 77.7 Å². The van der Waals surface area contributed by atoms with Gasteiger partial charge in [-0.3, -0.25) is 19.2 Å². The number of hydrogen-bond acceptors (Lipinski definition) is 12. The summed E-state index contributed by atoms with van der Waals surface area (Å²) in [6.07, 6.45) is 0. The average Bonchev–Trinajstić information content (AvgIpc) is 1.99. The predicted molar refractivity (Wildman–Crippen MR) is 325 cm³/mol. The van der Waals surface area contributed by atoms with Crippen LogP contribution in [0.2, 0.25) is 0 Å². The van der Waals surface area contributed by atoms with Crippen molar-refractivity contribution in [2.24, 2.45) is 0 Å². The van der Waals surface area contributed by atoms with Gasteiger partial charge < -0.3 is 60.8 Å². The standard InChI is InChI=1S/2C17H14FNO3.C17H15NO3.C16H13NO3/c1-9-2-3-10(5-13(9)18)14-6-17(22)12-4-11(8-20)16(21)7-15(12)19-14;1-9-2-3-11(13(18)4-9)14-7-17(22)12-5-10(8-20)16(21)6-15(12)19-14;1-10-2-4-11(5-3-10)14-7-17(21)13-6-12(9-19)16(20)8-15(13)18-14;1-9-2-4-10(5-3-9)12-8-14(19)15-11(17-12)6-7-13(18)16(15)20/h2*2-7,20-21H,8H2,1H3,(H,19,22);2-8,19-20H,9H2,1H3,(H,18,21);2-8,18,20H,1H3,(H,17,19). The molecule has 430 valence electrons. The largest absolute Gasteiger partial charge is 0.508 e. The van der Waals surface area contributed by atoms with Crippen molar-refractivity contribution < 1.29 is 49.6 Å². The van der Waals surface area contributed by atoms with Crippen LogP contribution in [0, 0.1) is 39.3 Å². The Morgan fingerprint density at radius 2 is 0.741 bits per heavy atom. The summed E-state index contributed by atoms with van der Waals surface area (Å²) < 4.78 is 27.7. The van der Waals surface area contributed by atoms with E-state index in [1.165, 1.54) is 78.9 Å². The zero-order chi connectivity index (χ0) is 61.0. The minimum Gasteiger partial charge on any atom is -0.508 e. The monoisotopic (exact) mass is 1150 g/mol. The Kier molecular flexibility index (Phi) is 17.2. The average molecular weight is 1150 g/mol. The number of aromatic nitrogens is 4. The molecule has 0 aliphatic heterocycles. The van der Waals surface area contributed by atoms with Gasteiger partial charge in [-0.2, -0.15) is 0 Å². The second-order valence-electron chi connectivity index (χ2n) is 20.3. The normalized spacial score (nSPS) is 11.0. The number of aryl methyl sites for hydroxylation is 4. The summed E-state index contributed by atoms with van der Waals surface area (Å²) in [4.78, 5) is 61.0. The number of halogens is 2. The molecular weight excluding hydrogens is 1090 g/mol. The van der Waals surface area contributed by atoms with Gasteiger partial charge in [0.1, 0.15) is 28.9 Å². The molecule has 12 N–H and O–H groups in total. The highest BCUT2D eigenvalue weighted by molar-refractivity contribution is 5.90. The highest BCUT2D eigenvalue weighted by Gasteiger charge is 2.15. The topological polar surface area (TPSA) is 293 Å². The third-order valence-corrected chi connectivity index (χ3v) is 14.2. The number of nitrogens with one attached hydrogen (secondary N) is 4. The van der Waals surface area contributed by atoms with Gasteiger partial charge in [0.25, 0.3) is 0 Å². The van der Waals surface area contributed by atoms with Gasteiger partial charge in [-0.15, -0.1) is 0 Å². The van der Waals surface area contributed by atoms with Crippen LogP contribution in [0.1, 0.15) is 38.9 Å². The molecule has 0 spiro atoms. The molecule has 85 heavy (non-hydrogen) atoms. The molecule has 0 bridgehead atoms. The molecule has 0 radical (unpaired) electrons. The molecular formula is C67H56F2N4O12. The molecule has 8 aromatic carbocycles. The maximum Gasteiger partial charge on any atom is 0.193 e. The second kappa shape index (κ2) is 24.8. The first-order valence-electron chi connectivity index (χ1n) is 26.4. The number of H-pyrrole nitrogens is 4. The van der Waals surface area contributed by atoms with Crippen LogP contribution in [-0.2, 0) is 19.8 Å². The first-order chi connectivity index (χ1) is 40.6. The molecule has 12 aromatic rings. The second-order valence-corrected chi connectivity index (χ2v) is 20.3. The van der Waals surface area contributed by atoms with Crippen molar-refractivity contribution in [3.8, 4) is 73.8 Å². The molecule has 12 rings (SSSR count). The van der Waals surface area contributed by atoms with Crippen LogP contribution in [0.25, 0.3) is 88.6 Å². The first-order valence-corrected chi connectivity index (χ1v) is 26.4. The Morgan fingerprint density at radius 1 is 0.353 bits per heavy atom. The Labute approximate surface area is 481 Å². The van der Waals surface area contributed by atoms with Crippen molar-refractivity contribution in [1.82, 2.24) is 19.9 Å².